The Labute approximate surface area is 172 Å². The zero-order valence-electron chi connectivity index (χ0n) is 16.5. The maximum absolute atomic E-state index is 12.0. The van der Waals surface area contributed by atoms with Gasteiger partial charge in [-0.1, -0.05) is 35.5 Å². The van der Waals surface area contributed by atoms with E-state index in [4.69, 9.17) is 9.15 Å². The van der Waals surface area contributed by atoms with Crippen molar-refractivity contribution in [2.45, 2.75) is 31.3 Å². The van der Waals surface area contributed by atoms with Gasteiger partial charge < -0.3 is 13.7 Å². The molecule has 0 saturated carbocycles. The number of ether oxygens (including phenoxy) is 1. The number of thioether (sulfide) groups is 1. The van der Waals surface area contributed by atoms with Crippen LogP contribution in [0.1, 0.15) is 18.1 Å². The Bertz CT molecular complexity index is 1230. The van der Waals surface area contributed by atoms with Crippen LogP contribution >= 0.6 is 11.8 Å². The molecule has 2 heterocycles. The first-order chi connectivity index (χ1) is 14.1. The second-order valence-corrected chi connectivity index (χ2v) is 7.60. The van der Waals surface area contributed by atoms with Gasteiger partial charge in [-0.15, -0.1) is 10.2 Å². The highest BCUT2D eigenvalue weighted by Crippen LogP contribution is 2.30. The van der Waals surface area contributed by atoms with Crippen molar-refractivity contribution in [3.8, 4) is 17.1 Å². The lowest BCUT2D eigenvalue weighted by Crippen LogP contribution is -2.02. The summed E-state index contributed by atoms with van der Waals surface area (Å²) in [6, 6.07) is 15.3. The van der Waals surface area contributed by atoms with E-state index in [1.54, 1.807) is 24.9 Å². The number of rotatable bonds is 6. The summed E-state index contributed by atoms with van der Waals surface area (Å²) in [5.41, 5.74) is 3.26. The lowest BCUT2D eigenvalue weighted by molar-refractivity contribution is 0.414. The molecular formula is C22H21N3O3S. The van der Waals surface area contributed by atoms with Gasteiger partial charge in [0.2, 0.25) is 0 Å². The van der Waals surface area contributed by atoms with E-state index in [0.29, 0.717) is 17.1 Å². The highest BCUT2D eigenvalue weighted by molar-refractivity contribution is 7.98. The van der Waals surface area contributed by atoms with E-state index in [0.717, 1.165) is 34.0 Å². The minimum absolute atomic E-state index is 0.376. The van der Waals surface area contributed by atoms with Crippen LogP contribution in [-0.2, 0) is 12.3 Å². The molecule has 0 amide bonds. The molecule has 0 aliphatic carbocycles. The van der Waals surface area contributed by atoms with Gasteiger partial charge in [0.05, 0.1) is 7.11 Å². The van der Waals surface area contributed by atoms with Crippen LogP contribution in [0.3, 0.4) is 0 Å². The van der Waals surface area contributed by atoms with Gasteiger partial charge in [-0.05, 0) is 37.6 Å². The molecule has 0 bridgehead atoms. The highest BCUT2D eigenvalue weighted by Gasteiger charge is 2.15. The third-order valence-corrected chi connectivity index (χ3v) is 5.72. The largest absolute Gasteiger partial charge is 0.497 e. The molecule has 0 unspecified atom stereocenters. The molecule has 7 heteroatoms. The van der Waals surface area contributed by atoms with Crippen molar-refractivity contribution in [3.63, 3.8) is 0 Å². The van der Waals surface area contributed by atoms with Crippen LogP contribution in [0.4, 0.5) is 0 Å². The predicted molar refractivity (Wildman–Crippen MR) is 114 cm³/mol. The van der Waals surface area contributed by atoms with E-state index in [1.165, 1.54) is 11.6 Å². The number of nitrogens with zero attached hydrogens (tertiary/aromatic N) is 3. The molecule has 0 atom stereocenters. The van der Waals surface area contributed by atoms with E-state index >= 15 is 0 Å². The first kappa shape index (κ1) is 19.3. The maximum Gasteiger partial charge on any atom is 0.336 e. The lowest BCUT2D eigenvalue weighted by atomic mass is 10.1. The van der Waals surface area contributed by atoms with E-state index in [1.807, 2.05) is 24.3 Å². The Morgan fingerprint density at radius 2 is 2.00 bits per heavy atom. The average molecular weight is 407 g/mol. The van der Waals surface area contributed by atoms with Crippen molar-refractivity contribution < 1.29 is 9.15 Å². The van der Waals surface area contributed by atoms with Crippen molar-refractivity contribution in [1.82, 2.24) is 14.8 Å². The fourth-order valence-corrected chi connectivity index (χ4v) is 4.27. The molecule has 6 nitrogen and oxygen atoms in total. The molecular weight excluding hydrogens is 386 g/mol. The van der Waals surface area contributed by atoms with Crippen LogP contribution in [0.25, 0.3) is 22.4 Å². The van der Waals surface area contributed by atoms with E-state index in [2.05, 4.69) is 40.7 Å². The Kier molecular flexibility index (Phi) is 5.40. The summed E-state index contributed by atoms with van der Waals surface area (Å²) in [5.74, 6) is 2.08. The number of fused-ring (bicyclic) bond motifs is 1. The Balaban J connectivity index is 1.65. The summed E-state index contributed by atoms with van der Waals surface area (Å²) >= 11 is 1.56. The minimum Gasteiger partial charge on any atom is -0.497 e. The first-order valence-electron chi connectivity index (χ1n) is 9.33. The van der Waals surface area contributed by atoms with Crippen molar-refractivity contribution in [3.05, 3.63) is 70.1 Å². The molecule has 0 spiro atoms. The minimum atomic E-state index is -0.376. The number of benzene rings is 2. The van der Waals surface area contributed by atoms with E-state index < -0.39 is 0 Å². The van der Waals surface area contributed by atoms with Gasteiger partial charge in [-0.25, -0.2) is 4.79 Å². The average Bonchev–Trinajstić information content (AvgIpc) is 3.14. The van der Waals surface area contributed by atoms with Crippen LogP contribution < -0.4 is 10.4 Å². The Morgan fingerprint density at radius 3 is 2.76 bits per heavy atom. The van der Waals surface area contributed by atoms with Gasteiger partial charge in [0.25, 0.3) is 0 Å². The molecule has 4 aromatic rings. The molecule has 0 saturated heterocycles. The molecule has 2 aromatic heterocycles. The fraction of sp³-hybridized carbons (Fsp3) is 0.227. The molecule has 0 radical (unpaired) electrons. The fourth-order valence-electron chi connectivity index (χ4n) is 3.28. The molecule has 0 fully saturated rings. The van der Waals surface area contributed by atoms with Crippen molar-refractivity contribution >= 4 is 22.7 Å². The van der Waals surface area contributed by atoms with Gasteiger partial charge in [-0.2, -0.15) is 0 Å². The van der Waals surface area contributed by atoms with Crippen LogP contribution in [-0.4, -0.2) is 21.9 Å². The summed E-state index contributed by atoms with van der Waals surface area (Å²) in [6.45, 7) is 4.89. The van der Waals surface area contributed by atoms with Crippen molar-refractivity contribution in [2.75, 3.05) is 7.11 Å². The van der Waals surface area contributed by atoms with Crippen LogP contribution in [0, 0.1) is 6.92 Å². The molecule has 4 rings (SSSR count). The van der Waals surface area contributed by atoms with Crippen LogP contribution in [0.15, 0.2) is 62.9 Å². The monoisotopic (exact) mass is 407 g/mol. The molecule has 0 aliphatic heterocycles. The number of aryl methyl sites for hydroxylation is 1. The second kappa shape index (κ2) is 8.13. The maximum atomic E-state index is 12.0. The molecule has 148 valence electrons. The van der Waals surface area contributed by atoms with E-state index in [9.17, 15) is 4.79 Å². The predicted octanol–water partition coefficient (Wildman–Crippen LogP) is 4.68. The number of methoxy groups -OCH3 is 1. The van der Waals surface area contributed by atoms with Gasteiger partial charge in [-0.3, -0.25) is 0 Å². The quantitative estimate of drug-likeness (QED) is 0.341. The summed E-state index contributed by atoms with van der Waals surface area (Å²) in [4.78, 5) is 12.0. The molecule has 0 N–H and O–H groups in total. The third kappa shape index (κ3) is 3.91. The summed E-state index contributed by atoms with van der Waals surface area (Å²) in [5, 5.41) is 10.5. The highest BCUT2D eigenvalue weighted by atomic mass is 32.2. The second-order valence-electron chi connectivity index (χ2n) is 6.66. The zero-order chi connectivity index (χ0) is 20.4. The van der Waals surface area contributed by atoms with Gasteiger partial charge in [0.15, 0.2) is 11.0 Å². The van der Waals surface area contributed by atoms with Gasteiger partial charge in [0.1, 0.15) is 11.3 Å². The topological polar surface area (TPSA) is 70.2 Å². The molecule has 29 heavy (non-hydrogen) atoms. The van der Waals surface area contributed by atoms with Crippen LogP contribution in [0.2, 0.25) is 0 Å². The Morgan fingerprint density at radius 1 is 1.14 bits per heavy atom. The summed E-state index contributed by atoms with van der Waals surface area (Å²) < 4.78 is 12.7. The Hall–Kier alpha value is -3.06. The molecule has 0 aliphatic rings. The number of hydrogen-bond acceptors (Lipinski definition) is 6. The van der Waals surface area contributed by atoms with Crippen molar-refractivity contribution in [2.24, 2.45) is 0 Å². The summed E-state index contributed by atoms with van der Waals surface area (Å²) in [6.07, 6.45) is 0. The lowest BCUT2D eigenvalue weighted by Gasteiger charge is -2.09. The smallest absolute Gasteiger partial charge is 0.336 e. The van der Waals surface area contributed by atoms with Crippen LogP contribution in [0.5, 0.6) is 5.75 Å². The third-order valence-electron chi connectivity index (χ3n) is 4.70. The number of aromatic nitrogens is 3. The van der Waals surface area contributed by atoms with Gasteiger partial charge in [0, 0.05) is 35.4 Å². The zero-order valence-corrected chi connectivity index (χ0v) is 17.3. The first-order valence-corrected chi connectivity index (χ1v) is 10.3. The standard InChI is InChI=1S/C22H21N3O3S/c1-4-25-21(15-7-5-6-14(2)10-15)23-24-22(25)29-13-16-11-20(26)28-19-12-17(27-3)8-9-18(16)19/h5-12H,4,13H2,1-3H3. The molecule has 2 aromatic carbocycles. The summed E-state index contributed by atoms with van der Waals surface area (Å²) in [7, 11) is 1.59. The SMILES string of the molecule is CCn1c(SCc2cc(=O)oc3cc(OC)ccc23)nnc1-c1cccc(C)c1. The van der Waals surface area contributed by atoms with Crippen molar-refractivity contribution in [1.29, 1.82) is 0 Å². The van der Waals surface area contributed by atoms with Gasteiger partial charge >= 0.3 is 5.63 Å². The number of hydrogen-bond donors (Lipinski definition) is 0. The van der Waals surface area contributed by atoms with E-state index in [-0.39, 0.29) is 5.63 Å². The normalized spacial score (nSPS) is 11.1.